The minimum absolute atomic E-state index is 0.0121. The highest BCUT2D eigenvalue weighted by Gasteiger charge is 2.37. The van der Waals surface area contributed by atoms with E-state index in [-0.39, 0.29) is 29.9 Å². The highest BCUT2D eigenvalue weighted by atomic mass is 79.9. The van der Waals surface area contributed by atoms with Crippen molar-refractivity contribution in [2.24, 2.45) is 7.05 Å². The summed E-state index contributed by atoms with van der Waals surface area (Å²) in [7, 11) is 3.31. The van der Waals surface area contributed by atoms with E-state index in [0.717, 1.165) is 0 Å². The molecule has 6 nitrogen and oxygen atoms in total. The van der Waals surface area contributed by atoms with Crippen molar-refractivity contribution >= 4 is 33.4 Å². The molecule has 1 amide bonds. The van der Waals surface area contributed by atoms with Crippen molar-refractivity contribution in [1.82, 2.24) is 24.5 Å². The second-order valence-electron chi connectivity index (χ2n) is 5.53. The van der Waals surface area contributed by atoms with Crippen LogP contribution < -0.4 is 0 Å². The van der Waals surface area contributed by atoms with E-state index in [1.807, 2.05) is 0 Å². The lowest BCUT2D eigenvalue weighted by Gasteiger charge is -2.17. The number of aryl methyl sites for hydroxylation is 2. The molecule has 2 aromatic rings. The summed E-state index contributed by atoms with van der Waals surface area (Å²) in [6.07, 6.45) is -3.05. The summed E-state index contributed by atoms with van der Waals surface area (Å²) >= 11 is 8.91. The Labute approximate surface area is 155 Å². The number of alkyl halides is 3. The van der Waals surface area contributed by atoms with E-state index in [4.69, 9.17) is 11.6 Å². The van der Waals surface area contributed by atoms with E-state index >= 15 is 0 Å². The molecule has 0 aliphatic carbocycles. The van der Waals surface area contributed by atoms with Gasteiger partial charge in [0.2, 0.25) is 5.91 Å². The molecule has 25 heavy (non-hydrogen) atoms. The number of hydrogen-bond acceptors (Lipinski definition) is 3. The lowest BCUT2D eigenvalue weighted by molar-refractivity contribution is -0.142. The van der Waals surface area contributed by atoms with E-state index in [1.165, 1.54) is 22.7 Å². The molecular weight excluding hydrogens is 427 g/mol. The number of rotatable bonds is 5. The van der Waals surface area contributed by atoms with Crippen LogP contribution in [0.5, 0.6) is 0 Å². The Hall–Kier alpha value is -1.55. The van der Waals surface area contributed by atoms with E-state index in [0.29, 0.717) is 16.4 Å². The van der Waals surface area contributed by atoms with Crippen molar-refractivity contribution in [2.75, 3.05) is 7.05 Å². The zero-order chi connectivity index (χ0) is 18.9. The molecule has 0 unspecified atom stereocenters. The lowest BCUT2D eigenvalue weighted by Crippen LogP contribution is -2.28. The van der Waals surface area contributed by atoms with Gasteiger partial charge in [0.05, 0.1) is 40.2 Å². The smallest absolute Gasteiger partial charge is 0.340 e. The van der Waals surface area contributed by atoms with Crippen LogP contribution in [0.3, 0.4) is 0 Å². The maximum atomic E-state index is 12.9. The average Bonchev–Trinajstić information content (AvgIpc) is 2.99. The van der Waals surface area contributed by atoms with Crippen LogP contribution in [0.4, 0.5) is 13.2 Å². The van der Waals surface area contributed by atoms with Gasteiger partial charge in [0, 0.05) is 20.5 Å². The Bertz CT molecular complexity index is 767. The second kappa shape index (κ2) is 7.36. The first-order valence-electron chi connectivity index (χ1n) is 7.22. The number of hydrogen-bond donors (Lipinski definition) is 0. The Balaban J connectivity index is 2.03. The van der Waals surface area contributed by atoms with Crippen LogP contribution in [0.15, 0.2) is 10.7 Å². The highest BCUT2D eigenvalue weighted by Crippen LogP contribution is 2.35. The molecule has 0 radical (unpaired) electrons. The van der Waals surface area contributed by atoms with Crippen molar-refractivity contribution in [2.45, 2.75) is 32.6 Å². The summed E-state index contributed by atoms with van der Waals surface area (Å²) in [5.74, 6) is -0.239. The summed E-state index contributed by atoms with van der Waals surface area (Å²) in [5, 5.41) is 7.99. The van der Waals surface area contributed by atoms with Crippen LogP contribution in [0.25, 0.3) is 0 Å². The zero-order valence-corrected chi connectivity index (χ0v) is 16.1. The van der Waals surface area contributed by atoms with Gasteiger partial charge in [-0.3, -0.25) is 14.2 Å². The maximum Gasteiger partial charge on any atom is 0.436 e. The fourth-order valence-electron chi connectivity index (χ4n) is 2.24. The van der Waals surface area contributed by atoms with Gasteiger partial charge in [0.15, 0.2) is 5.69 Å². The first kappa shape index (κ1) is 19.8. The Morgan fingerprint density at radius 3 is 2.56 bits per heavy atom. The molecule has 0 N–H and O–H groups in total. The van der Waals surface area contributed by atoms with Crippen LogP contribution in [-0.4, -0.2) is 37.4 Å². The van der Waals surface area contributed by atoms with Gasteiger partial charge >= 0.3 is 6.18 Å². The monoisotopic (exact) mass is 441 g/mol. The molecule has 0 saturated heterocycles. The van der Waals surface area contributed by atoms with Gasteiger partial charge in [-0.25, -0.2) is 0 Å². The summed E-state index contributed by atoms with van der Waals surface area (Å²) in [6.45, 7) is 1.81. The summed E-state index contributed by atoms with van der Waals surface area (Å²) in [4.78, 5) is 13.7. The quantitative estimate of drug-likeness (QED) is 0.713. The van der Waals surface area contributed by atoms with Gasteiger partial charge in [0.1, 0.15) is 0 Å². The average molecular weight is 443 g/mol. The molecule has 0 fully saturated rings. The van der Waals surface area contributed by atoms with Crippen LogP contribution in [0, 0.1) is 6.92 Å². The molecular formula is C14H16BrClF3N5O. The third-order valence-corrected chi connectivity index (χ3v) is 5.03. The van der Waals surface area contributed by atoms with Crippen molar-refractivity contribution in [3.05, 3.63) is 32.8 Å². The summed E-state index contributed by atoms with van der Waals surface area (Å²) in [5.41, 5.74) is -0.000171. The molecule has 0 atom stereocenters. The normalized spacial score (nSPS) is 11.8. The van der Waals surface area contributed by atoms with Gasteiger partial charge in [-0.1, -0.05) is 11.6 Å². The molecule has 2 rings (SSSR count). The first-order chi connectivity index (χ1) is 11.5. The number of aromatic nitrogens is 4. The van der Waals surface area contributed by atoms with Crippen LogP contribution in [0.1, 0.15) is 23.5 Å². The summed E-state index contributed by atoms with van der Waals surface area (Å²) < 4.78 is 41.2. The van der Waals surface area contributed by atoms with Crippen molar-refractivity contribution in [3.8, 4) is 0 Å². The number of halogens is 5. The van der Waals surface area contributed by atoms with Crippen LogP contribution in [-0.2, 0) is 31.1 Å². The van der Waals surface area contributed by atoms with Crippen LogP contribution >= 0.6 is 27.5 Å². The fraction of sp³-hybridized carbons (Fsp3) is 0.500. The number of carbonyl (C=O) groups excluding carboxylic acids is 1. The predicted octanol–water partition coefficient (Wildman–Crippen LogP) is 3.41. The van der Waals surface area contributed by atoms with E-state index in [2.05, 4.69) is 26.1 Å². The Kier molecular flexibility index (Phi) is 5.82. The molecule has 0 aliphatic heterocycles. The molecule has 0 saturated carbocycles. The SMILES string of the molecule is Cc1c(Br)c(C(F)(F)F)nn1CCC(=O)N(C)Cc1c(Cl)cnn1C. The van der Waals surface area contributed by atoms with Gasteiger partial charge in [-0.05, 0) is 22.9 Å². The second-order valence-corrected chi connectivity index (χ2v) is 6.73. The Morgan fingerprint density at radius 2 is 2.08 bits per heavy atom. The minimum atomic E-state index is -4.55. The first-order valence-corrected chi connectivity index (χ1v) is 8.40. The third kappa shape index (κ3) is 4.35. The largest absolute Gasteiger partial charge is 0.436 e. The van der Waals surface area contributed by atoms with Crippen LogP contribution in [0.2, 0.25) is 5.02 Å². The van der Waals surface area contributed by atoms with E-state index in [1.54, 1.807) is 18.8 Å². The third-order valence-electron chi connectivity index (χ3n) is 3.76. The molecule has 11 heteroatoms. The van der Waals surface area contributed by atoms with Gasteiger partial charge < -0.3 is 4.90 Å². The molecule has 2 aromatic heterocycles. The van der Waals surface area contributed by atoms with Crippen molar-refractivity contribution in [3.63, 3.8) is 0 Å². The topological polar surface area (TPSA) is 56.0 Å². The molecule has 2 heterocycles. The standard InChI is InChI=1S/C14H16BrClF3N5O/c1-8-12(15)13(14(17,18)19)21-24(8)5-4-11(25)22(2)7-10-9(16)6-20-23(10)3/h6H,4-5,7H2,1-3H3. The van der Waals surface area contributed by atoms with Crippen molar-refractivity contribution < 1.29 is 18.0 Å². The van der Waals surface area contributed by atoms with Crippen molar-refractivity contribution in [1.29, 1.82) is 0 Å². The molecule has 0 spiro atoms. The highest BCUT2D eigenvalue weighted by molar-refractivity contribution is 9.10. The van der Waals surface area contributed by atoms with E-state index in [9.17, 15) is 18.0 Å². The molecule has 138 valence electrons. The predicted molar refractivity (Wildman–Crippen MR) is 89.0 cm³/mol. The molecule has 0 bridgehead atoms. The fourth-order valence-corrected chi connectivity index (χ4v) is 2.98. The maximum absolute atomic E-state index is 12.9. The molecule has 0 aliphatic rings. The van der Waals surface area contributed by atoms with Gasteiger partial charge in [-0.2, -0.15) is 23.4 Å². The number of amides is 1. The molecule has 0 aromatic carbocycles. The van der Waals surface area contributed by atoms with Gasteiger partial charge in [0.25, 0.3) is 0 Å². The summed E-state index contributed by atoms with van der Waals surface area (Å²) in [6, 6.07) is 0. The lowest BCUT2D eigenvalue weighted by atomic mass is 10.3. The number of carbonyl (C=O) groups is 1. The van der Waals surface area contributed by atoms with Gasteiger partial charge in [-0.15, -0.1) is 0 Å². The van der Waals surface area contributed by atoms with E-state index < -0.39 is 11.9 Å². The number of nitrogens with zero attached hydrogens (tertiary/aromatic N) is 5. The minimum Gasteiger partial charge on any atom is -0.340 e. The Morgan fingerprint density at radius 1 is 1.44 bits per heavy atom. The zero-order valence-electron chi connectivity index (χ0n) is 13.7.